The molecule has 1 saturated carbocycles. The molecule has 1 aliphatic carbocycles. The number of hydrogen-bond acceptors (Lipinski definition) is 2. The van der Waals surface area contributed by atoms with E-state index in [2.05, 4.69) is 30.3 Å². The molecule has 2 heteroatoms. The van der Waals surface area contributed by atoms with Gasteiger partial charge in [-0.05, 0) is 32.1 Å². The SMILES string of the molecule is CCCNCC1(SC)CCCCC1. The Labute approximate surface area is 87.1 Å². The summed E-state index contributed by atoms with van der Waals surface area (Å²) < 4.78 is 0.577. The van der Waals surface area contributed by atoms with Crippen LogP contribution < -0.4 is 5.32 Å². The largest absolute Gasteiger partial charge is 0.315 e. The molecule has 0 unspecified atom stereocenters. The highest BCUT2D eigenvalue weighted by Gasteiger charge is 2.30. The molecule has 1 aliphatic rings. The molecule has 0 saturated heterocycles. The summed E-state index contributed by atoms with van der Waals surface area (Å²) in [5.74, 6) is 0. The molecule has 78 valence electrons. The maximum atomic E-state index is 3.58. The average Bonchev–Trinajstić information content (AvgIpc) is 2.20. The van der Waals surface area contributed by atoms with Crippen molar-refractivity contribution < 1.29 is 0 Å². The smallest absolute Gasteiger partial charge is 0.0281 e. The van der Waals surface area contributed by atoms with Gasteiger partial charge in [-0.25, -0.2) is 0 Å². The van der Waals surface area contributed by atoms with Crippen LogP contribution >= 0.6 is 11.8 Å². The zero-order chi connectivity index (χ0) is 9.57. The van der Waals surface area contributed by atoms with Gasteiger partial charge in [0.15, 0.2) is 0 Å². The molecule has 0 amide bonds. The van der Waals surface area contributed by atoms with Gasteiger partial charge in [0.05, 0.1) is 0 Å². The van der Waals surface area contributed by atoms with E-state index in [9.17, 15) is 0 Å². The van der Waals surface area contributed by atoms with Crippen LogP contribution in [0.15, 0.2) is 0 Å². The Morgan fingerprint density at radius 3 is 2.46 bits per heavy atom. The summed E-state index contributed by atoms with van der Waals surface area (Å²) in [5, 5.41) is 3.58. The summed E-state index contributed by atoms with van der Waals surface area (Å²) in [6.07, 6.45) is 10.7. The molecule has 1 rings (SSSR count). The molecular formula is C11H23NS. The molecule has 1 nitrogen and oxygen atoms in total. The zero-order valence-electron chi connectivity index (χ0n) is 9.07. The third kappa shape index (κ3) is 3.51. The second-order valence-electron chi connectivity index (χ2n) is 4.12. The standard InChI is InChI=1S/C11H23NS/c1-3-9-12-10-11(13-2)7-5-4-6-8-11/h12H,3-10H2,1-2H3. The van der Waals surface area contributed by atoms with E-state index in [1.807, 2.05) is 0 Å². The molecule has 1 N–H and O–H groups in total. The Hall–Kier alpha value is 0.310. The lowest BCUT2D eigenvalue weighted by Gasteiger charge is -2.36. The molecule has 0 aromatic carbocycles. The topological polar surface area (TPSA) is 12.0 Å². The first kappa shape index (κ1) is 11.4. The van der Waals surface area contributed by atoms with Crippen molar-refractivity contribution in [3.05, 3.63) is 0 Å². The van der Waals surface area contributed by atoms with Crippen LogP contribution in [0.3, 0.4) is 0 Å². The van der Waals surface area contributed by atoms with E-state index in [0.717, 1.165) is 0 Å². The van der Waals surface area contributed by atoms with Crippen LogP contribution in [0, 0.1) is 0 Å². The lowest BCUT2D eigenvalue weighted by molar-refractivity contribution is 0.380. The van der Waals surface area contributed by atoms with Crippen LogP contribution in [0.2, 0.25) is 0 Å². The third-order valence-electron chi connectivity index (χ3n) is 3.07. The molecule has 0 spiro atoms. The lowest BCUT2D eigenvalue weighted by Crippen LogP contribution is -2.39. The Morgan fingerprint density at radius 1 is 1.23 bits per heavy atom. The summed E-state index contributed by atoms with van der Waals surface area (Å²) in [7, 11) is 0. The minimum atomic E-state index is 0.577. The first-order valence-corrected chi connectivity index (χ1v) is 6.81. The van der Waals surface area contributed by atoms with Crippen LogP contribution in [-0.2, 0) is 0 Å². The Bertz CT molecular complexity index is 130. The first-order valence-electron chi connectivity index (χ1n) is 5.59. The quantitative estimate of drug-likeness (QED) is 0.686. The maximum absolute atomic E-state index is 3.58. The van der Waals surface area contributed by atoms with E-state index in [4.69, 9.17) is 0 Å². The van der Waals surface area contributed by atoms with Gasteiger partial charge in [0.2, 0.25) is 0 Å². The minimum Gasteiger partial charge on any atom is -0.315 e. The normalized spacial score (nSPS) is 21.7. The Kier molecular flexibility index (Phi) is 5.18. The van der Waals surface area contributed by atoms with Crippen LogP contribution in [0.25, 0.3) is 0 Å². The Balaban J connectivity index is 2.29. The lowest BCUT2D eigenvalue weighted by atomic mass is 9.88. The minimum absolute atomic E-state index is 0.577. The molecule has 0 aromatic rings. The number of hydrogen-bond donors (Lipinski definition) is 1. The van der Waals surface area contributed by atoms with Crippen LogP contribution in [0.5, 0.6) is 0 Å². The van der Waals surface area contributed by atoms with Gasteiger partial charge < -0.3 is 5.32 Å². The van der Waals surface area contributed by atoms with Gasteiger partial charge >= 0.3 is 0 Å². The van der Waals surface area contributed by atoms with Gasteiger partial charge in [0.25, 0.3) is 0 Å². The van der Waals surface area contributed by atoms with Crippen molar-refractivity contribution >= 4 is 11.8 Å². The highest BCUT2D eigenvalue weighted by molar-refractivity contribution is 8.00. The van der Waals surface area contributed by atoms with E-state index in [1.54, 1.807) is 0 Å². The fraction of sp³-hybridized carbons (Fsp3) is 1.00. The Morgan fingerprint density at radius 2 is 1.92 bits per heavy atom. The van der Waals surface area contributed by atoms with Crippen molar-refractivity contribution in [1.29, 1.82) is 0 Å². The van der Waals surface area contributed by atoms with Crippen LogP contribution in [-0.4, -0.2) is 24.1 Å². The molecule has 0 atom stereocenters. The van der Waals surface area contributed by atoms with Crippen molar-refractivity contribution in [2.45, 2.75) is 50.2 Å². The van der Waals surface area contributed by atoms with Gasteiger partial charge in [-0.1, -0.05) is 26.2 Å². The summed E-state index contributed by atoms with van der Waals surface area (Å²) in [5.41, 5.74) is 0. The third-order valence-corrected chi connectivity index (χ3v) is 4.49. The summed E-state index contributed by atoms with van der Waals surface area (Å²) in [6, 6.07) is 0. The highest BCUT2D eigenvalue weighted by atomic mass is 32.2. The van der Waals surface area contributed by atoms with Gasteiger partial charge in [-0.2, -0.15) is 11.8 Å². The number of thioether (sulfide) groups is 1. The van der Waals surface area contributed by atoms with Crippen molar-refractivity contribution in [3.63, 3.8) is 0 Å². The average molecular weight is 201 g/mol. The van der Waals surface area contributed by atoms with E-state index in [1.165, 1.54) is 51.6 Å². The maximum Gasteiger partial charge on any atom is 0.0281 e. The van der Waals surface area contributed by atoms with Crippen molar-refractivity contribution in [2.24, 2.45) is 0 Å². The molecule has 0 aromatic heterocycles. The second kappa shape index (κ2) is 5.92. The fourth-order valence-corrected chi connectivity index (χ4v) is 3.09. The van der Waals surface area contributed by atoms with Gasteiger partial charge in [0, 0.05) is 11.3 Å². The monoisotopic (exact) mass is 201 g/mol. The van der Waals surface area contributed by atoms with Crippen molar-refractivity contribution in [3.8, 4) is 0 Å². The van der Waals surface area contributed by atoms with E-state index < -0.39 is 0 Å². The molecule has 0 bridgehead atoms. The number of rotatable bonds is 5. The second-order valence-corrected chi connectivity index (χ2v) is 5.40. The van der Waals surface area contributed by atoms with Crippen LogP contribution in [0.4, 0.5) is 0 Å². The van der Waals surface area contributed by atoms with Crippen LogP contribution in [0.1, 0.15) is 45.4 Å². The fourth-order valence-electron chi connectivity index (χ4n) is 2.14. The summed E-state index contributed by atoms with van der Waals surface area (Å²) in [6.45, 7) is 4.64. The van der Waals surface area contributed by atoms with Gasteiger partial charge in [-0.15, -0.1) is 0 Å². The molecule has 0 radical (unpaired) electrons. The molecular weight excluding hydrogens is 178 g/mol. The summed E-state index contributed by atoms with van der Waals surface area (Å²) in [4.78, 5) is 0. The van der Waals surface area contributed by atoms with E-state index in [0.29, 0.717) is 4.75 Å². The highest BCUT2D eigenvalue weighted by Crippen LogP contribution is 2.37. The summed E-state index contributed by atoms with van der Waals surface area (Å²) >= 11 is 2.08. The molecule has 1 fully saturated rings. The first-order chi connectivity index (χ1) is 6.33. The molecule has 0 aliphatic heterocycles. The predicted molar refractivity (Wildman–Crippen MR) is 62.5 cm³/mol. The van der Waals surface area contributed by atoms with Gasteiger partial charge in [0.1, 0.15) is 0 Å². The number of nitrogens with one attached hydrogen (secondary N) is 1. The zero-order valence-corrected chi connectivity index (χ0v) is 9.88. The van der Waals surface area contributed by atoms with E-state index in [-0.39, 0.29) is 0 Å². The molecule has 0 heterocycles. The van der Waals surface area contributed by atoms with Crippen molar-refractivity contribution in [1.82, 2.24) is 5.32 Å². The molecule has 13 heavy (non-hydrogen) atoms. The van der Waals surface area contributed by atoms with E-state index >= 15 is 0 Å². The predicted octanol–water partition coefficient (Wildman–Crippen LogP) is 3.05. The van der Waals surface area contributed by atoms with Crippen molar-refractivity contribution in [2.75, 3.05) is 19.3 Å². The van der Waals surface area contributed by atoms with Gasteiger partial charge in [-0.3, -0.25) is 0 Å².